The first-order valence-corrected chi connectivity index (χ1v) is 9.93. The number of nitrogens with zero attached hydrogens (tertiary/aromatic N) is 1. The highest BCUT2D eigenvalue weighted by Crippen LogP contribution is 2.31. The van der Waals surface area contributed by atoms with E-state index < -0.39 is 0 Å². The van der Waals surface area contributed by atoms with Crippen molar-refractivity contribution in [1.29, 1.82) is 0 Å². The molecule has 6 nitrogen and oxygen atoms in total. The molecule has 4 rings (SSSR count). The average Bonchev–Trinajstić information content (AvgIpc) is 3.45. The van der Waals surface area contributed by atoms with Gasteiger partial charge in [-0.3, -0.25) is 9.59 Å². The summed E-state index contributed by atoms with van der Waals surface area (Å²) in [6.45, 7) is 3.28. The van der Waals surface area contributed by atoms with Gasteiger partial charge in [0.2, 0.25) is 5.91 Å². The summed E-state index contributed by atoms with van der Waals surface area (Å²) in [4.78, 5) is 27.3. The molecule has 2 heterocycles. The average molecular weight is 403 g/mol. The molecule has 148 valence electrons. The van der Waals surface area contributed by atoms with Gasteiger partial charge in [-0.2, -0.15) is 0 Å². The lowest BCUT2D eigenvalue weighted by Crippen LogP contribution is -2.42. The minimum atomic E-state index is -0.359. The van der Waals surface area contributed by atoms with Crippen LogP contribution in [0, 0.1) is 12.8 Å². The van der Waals surface area contributed by atoms with Gasteiger partial charge in [0.25, 0.3) is 5.91 Å². The summed E-state index contributed by atoms with van der Waals surface area (Å²) in [5, 5.41) is 3.57. The molecule has 1 aromatic heterocycles. The highest BCUT2D eigenvalue weighted by molar-refractivity contribution is 6.33. The lowest BCUT2D eigenvalue weighted by molar-refractivity contribution is -0.126. The van der Waals surface area contributed by atoms with Gasteiger partial charge in [-0.1, -0.05) is 23.7 Å². The number of hydrogen-bond donors (Lipinski definition) is 1. The molecule has 1 aromatic carbocycles. The standard InChI is InChI=1S/C21H23ClN2O4/c1-13-17(10-19(28-13)16-4-2-3-5-18(16)22)21(26)24-8-9-27-12-14(11-24)20(25)23-15-6-7-15/h2-5,10,14-15H,6-9,11-12H2,1H3,(H,23,25). The van der Waals surface area contributed by atoms with Gasteiger partial charge in [0.1, 0.15) is 11.5 Å². The molecular weight excluding hydrogens is 380 g/mol. The monoisotopic (exact) mass is 402 g/mol. The summed E-state index contributed by atoms with van der Waals surface area (Å²) in [6.07, 6.45) is 2.06. The summed E-state index contributed by atoms with van der Waals surface area (Å²) in [7, 11) is 0. The lowest BCUT2D eigenvalue weighted by Gasteiger charge is -2.23. The number of halogens is 1. The largest absolute Gasteiger partial charge is 0.460 e. The van der Waals surface area contributed by atoms with Crippen LogP contribution in [0.5, 0.6) is 0 Å². The molecule has 2 aliphatic rings. The minimum Gasteiger partial charge on any atom is -0.460 e. The van der Waals surface area contributed by atoms with E-state index in [9.17, 15) is 9.59 Å². The van der Waals surface area contributed by atoms with E-state index in [4.69, 9.17) is 20.8 Å². The maximum absolute atomic E-state index is 13.2. The van der Waals surface area contributed by atoms with Gasteiger partial charge >= 0.3 is 0 Å². The third-order valence-electron chi connectivity index (χ3n) is 5.13. The van der Waals surface area contributed by atoms with Crippen LogP contribution in [0.4, 0.5) is 0 Å². The van der Waals surface area contributed by atoms with Gasteiger partial charge in [0, 0.05) is 24.7 Å². The molecule has 28 heavy (non-hydrogen) atoms. The molecule has 7 heteroatoms. The van der Waals surface area contributed by atoms with E-state index in [0.717, 1.165) is 18.4 Å². The second-order valence-electron chi connectivity index (χ2n) is 7.37. The Morgan fingerprint density at radius 2 is 2.04 bits per heavy atom. The Morgan fingerprint density at radius 1 is 1.25 bits per heavy atom. The fourth-order valence-electron chi connectivity index (χ4n) is 3.36. The zero-order valence-corrected chi connectivity index (χ0v) is 16.5. The third-order valence-corrected chi connectivity index (χ3v) is 5.46. The first-order chi connectivity index (χ1) is 13.5. The first kappa shape index (κ1) is 19.0. The number of ether oxygens (including phenoxy) is 1. The van der Waals surface area contributed by atoms with E-state index in [1.54, 1.807) is 24.0 Å². The van der Waals surface area contributed by atoms with Gasteiger partial charge < -0.3 is 19.4 Å². The van der Waals surface area contributed by atoms with Crippen molar-refractivity contribution in [3.05, 3.63) is 46.7 Å². The van der Waals surface area contributed by atoms with Crippen LogP contribution in [0.3, 0.4) is 0 Å². The molecular formula is C21H23ClN2O4. The van der Waals surface area contributed by atoms with E-state index >= 15 is 0 Å². The van der Waals surface area contributed by atoms with Crippen LogP contribution in [-0.4, -0.2) is 49.1 Å². The Morgan fingerprint density at radius 3 is 2.79 bits per heavy atom. The number of nitrogens with one attached hydrogen (secondary N) is 1. The van der Waals surface area contributed by atoms with Crippen molar-refractivity contribution >= 4 is 23.4 Å². The van der Waals surface area contributed by atoms with Gasteiger partial charge in [-0.15, -0.1) is 0 Å². The van der Waals surface area contributed by atoms with Crippen molar-refractivity contribution in [1.82, 2.24) is 10.2 Å². The molecule has 1 unspecified atom stereocenters. The Balaban J connectivity index is 1.53. The van der Waals surface area contributed by atoms with Gasteiger partial charge in [-0.05, 0) is 38.0 Å². The summed E-state index contributed by atoms with van der Waals surface area (Å²) in [6, 6.07) is 9.37. The topological polar surface area (TPSA) is 71.8 Å². The number of benzene rings is 1. The van der Waals surface area contributed by atoms with Gasteiger partial charge in [-0.25, -0.2) is 0 Å². The maximum Gasteiger partial charge on any atom is 0.257 e. The number of furan rings is 1. The predicted molar refractivity (Wildman–Crippen MR) is 105 cm³/mol. The summed E-state index contributed by atoms with van der Waals surface area (Å²) in [5.41, 5.74) is 1.23. The SMILES string of the molecule is Cc1oc(-c2ccccc2Cl)cc1C(=O)N1CCOCC(C(=O)NC2CC2)C1. The van der Waals surface area contributed by atoms with Crippen LogP contribution in [0.2, 0.25) is 5.02 Å². The van der Waals surface area contributed by atoms with E-state index in [2.05, 4.69) is 5.32 Å². The van der Waals surface area contributed by atoms with Gasteiger partial charge in [0.15, 0.2) is 0 Å². The molecule has 0 bridgehead atoms. The molecule has 1 aliphatic carbocycles. The van der Waals surface area contributed by atoms with Crippen LogP contribution >= 0.6 is 11.6 Å². The van der Waals surface area contributed by atoms with Crippen LogP contribution in [0.15, 0.2) is 34.7 Å². The molecule has 0 spiro atoms. The predicted octanol–water partition coefficient (Wildman–Crippen LogP) is 3.28. The van der Waals surface area contributed by atoms with Crippen molar-refractivity contribution in [3.63, 3.8) is 0 Å². The number of amides is 2. The van der Waals surface area contributed by atoms with Crippen molar-refractivity contribution in [3.8, 4) is 11.3 Å². The molecule has 1 saturated carbocycles. The van der Waals surface area contributed by atoms with E-state index in [1.165, 1.54) is 0 Å². The van der Waals surface area contributed by atoms with Crippen LogP contribution in [0.1, 0.15) is 29.0 Å². The fraction of sp³-hybridized carbons (Fsp3) is 0.429. The Bertz CT molecular complexity index is 890. The summed E-state index contributed by atoms with van der Waals surface area (Å²) >= 11 is 6.25. The zero-order chi connectivity index (χ0) is 19.7. The van der Waals surface area contributed by atoms with Crippen LogP contribution in [-0.2, 0) is 9.53 Å². The Labute approximate surface area is 168 Å². The van der Waals surface area contributed by atoms with Crippen molar-refractivity contribution in [2.24, 2.45) is 5.92 Å². The highest BCUT2D eigenvalue weighted by Gasteiger charge is 2.32. The molecule has 0 radical (unpaired) electrons. The molecule has 1 saturated heterocycles. The smallest absolute Gasteiger partial charge is 0.257 e. The summed E-state index contributed by atoms with van der Waals surface area (Å²) < 4.78 is 11.4. The molecule has 2 fully saturated rings. The molecule has 2 amide bonds. The fourth-order valence-corrected chi connectivity index (χ4v) is 3.59. The van der Waals surface area contributed by atoms with Crippen LogP contribution in [0.25, 0.3) is 11.3 Å². The van der Waals surface area contributed by atoms with Crippen molar-refractivity contribution in [2.75, 3.05) is 26.3 Å². The number of carbonyl (C=O) groups excluding carboxylic acids is 2. The Kier molecular flexibility index (Phi) is 5.42. The third kappa shape index (κ3) is 4.08. The van der Waals surface area contributed by atoms with Gasteiger partial charge in [0.05, 0.1) is 29.7 Å². The lowest BCUT2D eigenvalue weighted by atomic mass is 10.1. The number of hydrogen-bond acceptors (Lipinski definition) is 4. The minimum absolute atomic E-state index is 0.0390. The second-order valence-corrected chi connectivity index (χ2v) is 7.77. The van der Waals surface area contributed by atoms with E-state index in [-0.39, 0.29) is 23.8 Å². The van der Waals surface area contributed by atoms with E-state index in [0.29, 0.717) is 48.4 Å². The Hall–Kier alpha value is -2.31. The highest BCUT2D eigenvalue weighted by atomic mass is 35.5. The van der Waals surface area contributed by atoms with Crippen molar-refractivity contribution in [2.45, 2.75) is 25.8 Å². The second kappa shape index (κ2) is 7.97. The van der Waals surface area contributed by atoms with Crippen LogP contribution < -0.4 is 5.32 Å². The molecule has 1 N–H and O–H groups in total. The molecule has 1 atom stereocenters. The number of carbonyl (C=O) groups is 2. The normalized spacial score (nSPS) is 19.9. The number of rotatable bonds is 4. The number of aryl methyl sites for hydroxylation is 1. The molecule has 2 aromatic rings. The van der Waals surface area contributed by atoms with Crippen molar-refractivity contribution < 1.29 is 18.7 Å². The van der Waals surface area contributed by atoms with E-state index in [1.807, 2.05) is 18.2 Å². The first-order valence-electron chi connectivity index (χ1n) is 9.55. The maximum atomic E-state index is 13.2. The molecule has 1 aliphatic heterocycles. The quantitative estimate of drug-likeness (QED) is 0.851. The zero-order valence-electron chi connectivity index (χ0n) is 15.7. The summed E-state index contributed by atoms with van der Waals surface area (Å²) in [5.74, 6) is 0.532.